The number of hydrogen-bond acceptors (Lipinski definition) is 2. The smallest absolute Gasteiger partial charge is 0.242 e. The molecule has 1 rings (SSSR count). The Balaban J connectivity index is 2.71. The Kier molecular flexibility index (Phi) is 4.32. The maximum Gasteiger partial charge on any atom is 0.242 e. The van der Waals surface area contributed by atoms with E-state index in [2.05, 4.69) is 26.2 Å². The molecule has 0 bridgehead atoms. The number of rotatable bonds is 5. The van der Waals surface area contributed by atoms with E-state index in [-0.39, 0.29) is 6.04 Å². The van der Waals surface area contributed by atoms with Gasteiger partial charge in [-0.1, -0.05) is 18.2 Å². The third-order valence-corrected chi connectivity index (χ3v) is 3.00. The monoisotopic (exact) mass is 235 g/mol. The fourth-order valence-corrected chi connectivity index (χ4v) is 2.30. The molecular weight excluding hydrogens is 214 g/mol. The van der Waals surface area contributed by atoms with E-state index in [1.165, 1.54) is 0 Å². The van der Waals surface area contributed by atoms with Crippen molar-refractivity contribution < 1.29 is 4.43 Å². The molecule has 2 N–H and O–H groups in total. The summed E-state index contributed by atoms with van der Waals surface area (Å²) in [7, 11) is -1.51. The summed E-state index contributed by atoms with van der Waals surface area (Å²) in [5, 5.41) is 0. The van der Waals surface area contributed by atoms with Crippen LogP contribution in [0.5, 0.6) is 5.75 Å². The van der Waals surface area contributed by atoms with Gasteiger partial charge in [0.25, 0.3) is 0 Å². The third kappa shape index (κ3) is 4.21. The second-order valence-corrected chi connectivity index (χ2v) is 9.34. The van der Waals surface area contributed by atoms with Crippen LogP contribution in [0.2, 0.25) is 19.6 Å². The molecule has 1 aromatic carbocycles. The van der Waals surface area contributed by atoms with E-state index in [1.54, 1.807) is 0 Å². The summed E-state index contributed by atoms with van der Waals surface area (Å²) in [6, 6.07) is 8.10. The molecular formula is C13H21NOSi. The zero-order valence-electron chi connectivity index (χ0n) is 10.4. The summed E-state index contributed by atoms with van der Waals surface area (Å²) in [5.74, 6) is 0.939. The lowest BCUT2D eigenvalue weighted by molar-refractivity contribution is 0.557. The van der Waals surface area contributed by atoms with Gasteiger partial charge in [0, 0.05) is 6.04 Å². The van der Waals surface area contributed by atoms with Crippen LogP contribution in [0.3, 0.4) is 0 Å². The molecule has 0 aliphatic carbocycles. The van der Waals surface area contributed by atoms with Crippen molar-refractivity contribution in [2.24, 2.45) is 5.73 Å². The summed E-state index contributed by atoms with van der Waals surface area (Å²) >= 11 is 0. The van der Waals surface area contributed by atoms with E-state index in [4.69, 9.17) is 10.2 Å². The minimum atomic E-state index is -1.51. The standard InChI is InChI=1S/C13H21NOSi/c1-5-6-13(14)11-7-9-12(10-8-11)15-16(2,3)4/h5,7-10,13H,1,6,14H2,2-4H3/t13-/m0/s1. The summed E-state index contributed by atoms with van der Waals surface area (Å²) in [5.41, 5.74) is 7.11. The first-order valence-corrected chi connectivity index (χ1v) is 8.98. The summed E-state index contributed by atoms with van der Waals surface area (Å²) < 4.78 is 5.87. The SMILES string of the molecule is C=CC[C@H](N)c1ccc(O[Si](C)(C)C)cc1. The molecule has 16 heavy (non-hydrogen) atoms. The predicted octanol–water partition coefficient (Wildman–Crippen LogP) is 3.48. The molecule has 0 saturated heterocycles. The highest BCUT2D eigenvalue weighted by molar-refractivity contribution is 6.70. The van der Waals surface area contributed by atoms with Gasteiger partial charge in [0.1, 0.15) is 5.75 Å². The molecule has 2 nitrogen and oxygen atoms in total. The molecule has 88 valence electrons. The van der Waals surface area contributed by atoms with Gasteiger partial charge < -0.3 is 10.2 Å². The average molecular weight is 235 g/mol. The molecule has 0 fully saturated rings. The molecule has 0 heterocycles. The summed E-state index contributed by atoms with van der Waals surface area (Å²) in [4.78, 5) is 0. The van der Waals surface area contributed by atoms with Crippen LogP contribution in [0.1, 0.15) is 18.0 Å². The highest BCUT2D eigenvalue weighted by atomic mass is 28.4. The fraction of sp³-hybridized carbons (Fsp3) is 0.385. The molecule has 3 heteroatoms. The molecule has 0 aliphatic rings. The van der Waals surface area contributed by atoms with Gasteiger partial charge in [-0.15, -0.1) is 6.58 Å². The van der Waals surface area contributed by atoms with Gasteiger partial charge in [0.15, 0.2) is 0 Å². The number of nitrogens with two attached hydrogens (primary N) is 1. The van der Waals surface area contributed by atoms with Gasteiger partial charge >= 0.3 is 0 Å². The maximum absolute atomic E-state index is 5.98. The zero-order valence-corrected chi connectivity index (χ0v) is 11.4. The Morgan fingerprint density at radius 1 is 1.31 bits per heavy atom. The van der Waals surface area contributed by atoms with Crippen molar-refractivity contribution in [2.75, 3.05) is 0 Å². The van der Waals surface area contributed by atoms with Crippen molar-refractivity contribution in [3.8, 4) is 5.75 Å². The van der Waals surface area contributed by atoms with E-state index < -0.39 is 8.32 Å². The van der Waals surface area contributed by atoms with Crippen molar-refractivity contribution in [2.45, 2.75) is 32.1 Å². The maximum atomic E-state index is 5.98. The summed E-state index contributed by atoms with van der Waals surface area (Å²) in [6.07, 6.45) is 2.64. The summed E-state index contributed by atoms with van der Waals surface area (Å²) in [6.45, 7) is 10.2. The van der Waals surface area contributed by atoms with Crippen LogP contribution in [0.4, 0.5) is 0 Å². The number of hydrogen-bond donors (Lipinski definition) is 1. The van der Waals surface area contributed by atoms with E-state index in [0.29, 0.717) is 0 Å². The van der Waals surface area contributed by atoms with Crippen molar-refractivity contribution in [3.63, 3.8) is 0 Å². The Morgan fingerprint density at radius 2 is 1.88 bits per heavy atom. The lowest BCUT2D eigenvalue weighted by Gasteiger charge is -2.19. The van der Waals surface area contributed by atoms with Crippen molar-refractivity contribution in [1.82, 2.24) is 0 Å². The van der Waals surface area contributed by atoms with Gasteiger partial charge in [-0.3, -0.25) is 0 Å². The molecule has 0 saturated carbocycles. The minimum absolute atomic E-state index is 0.0402. The van der Waals surface area contributed by atoms with Crippen molar-refractivity contribution in [3.05, 3.63) is 42.5 Å². The van der Waals surface area contributed by atoms with Crippen LogP contribution in [-0.4, -0.2) is 8.32 Å². The molecule has 0 aromatic heterocycles. The van der Waals surface area contributed by atoms with Gasteiger partial charge in [0.05, 0.1) is 0 Å². The van der Waals surface area contributed by atoms with Crippen LogP contribution in [0.25, 0.3) is 0 Å². The lowest BCUT2D eigenvalue weighted by Crippen LogP contribution is -2.29. The first kappa shape index (κ1) is 13.0. The highest BCUT2D eigenvalue weighted by Gasteiger charge is 2.16. The predicted molar refractivity (Wildman–Crippen MR) is 72.2 cm³/mol. The quantitative estimate of drug-likeness (QED) is 0.626. The molecule has 0 amide bonds. The molecule has 1 atom stereocenters. The fourth-order valence-electron chi connectivity index (χ4n) is 1.45. The van der Waals surface area contributed by atoms with Crippen molar-refractivity contribution in [1.29, 1.82) is 0 Å². The van der Waals surface area contributed by atoms with Gasteiger partial charge in [-0.25, -0.2) is 0 Å². The van der Waals surface area contributed by atoms with Crippen LogP contribution < -0.4 is 10.2 Å². The molecule has 0 unspecified atom stereocenters. The van der Waals surface area contributed by atoms with Crippen LogP contribution in [0.15, 0.2) is 36.9 Å². The molecule has 0 aliphatic heterocycles. The second-order valence-electron chi connectivity index (χ2n) is 4.91. The largest absolute Gasteiger partial charge is 0.544 e. The number of benzene rings is 1. The van der Waals surface area contributed by atoms with E-state index in [9.17, 15) is 0 Å². The van der Waals surface area contributed by atoms with Gasteiger partial charge in [-0.05, 0) is 43.8 Å². The minimum Gasteiger partial charge on any atom is -0.544 e. The molecule has 0 spiro atoms. The van der Waals surface area contributed by atoms with Gasteiger partial charge in [-0.2, -0.15) is 0 Å². The zero-order chi connectivity index (χ0) is 12.2. The normalized spacial score (nSPS) is 13.2. The van der Waals surface area contributed by atoms with Crippen LogP contribution in [0, 0.1) is 0 Å². The second kappa shape index (κ2) is 5.32. The van der Waals surface area contributed by atoms with Crippen LogP contribution >= 0.6 is 0 Å². The Bertz CT molecular complexity index is 340. The third-order valence-electron chi connectivity index (χ3n) is 2.15. The highest BCUT2D eigenvalue weighted by Crippen LogP contribution is 2.20. The topological polar surface area (TPSA) is 35.2 Å². The van der Waals surface area contributed by atoms with E-state index in [0.717, 1.165) is 17.7 Å². The first-order chi connectivity index (χ1) is 7.42. The van der Waals surface area contributed by atoms with Crippen LogP contribution in [-0.2, 0) is 0 Å². The van der Waals surface area contributed by atoms with E-state index in [1.807, 2.05) is 30.3 Å². The lowest BCUT2D eigenvalue weighted by atomic mass is 10.1. The first-order valence-electron chi connectivity index (χ1n) is 5.58. The Hall–Kier alpha value is -1.06. The Labute approximate surface area is 99.3 Å². The molecule has 1 aromatic rings. The molecule has 0 radical (unpaired) electrons. The van der Waals surface area contributed by atoms with E-state index >= 15 is 0 Å². The van der Waals surface area contributed by atoms with Gasteiger partial charge in [0.2, 0.25) is 8.32 Å². The van der Waals surface area contributed by atoms with Crippen molar-refractivity contribution >= 4 is 8.32 Å². The Morgan fingerprint density at radius 3 is 2.31 bits per heavy atom. The average Bonchev–Trinajstić information content (AvgIpc) is 2.16.